The largest absolute Gasteiger partial charge is 0.446 e. The fraction of sp³-hybridized carbons (Fsp3) is 0.200. The number of thioether (sulfide) groups is 1. The third-order valence-corrected chi connectivity index (χ3v) is 2.59. The molecule has 88 valence electrons. The molecule has 0 aliphatic carbocycles. The van der Waals surface area contributed by atoms with Gasteiger partial charge in [-0.2, -0.15) is 18.4 Å². The first-order valence-corrected chi connectivity index (χ1v) is 5.32. The number of halogens is 3. The van der Waals surface area contributed by atoms with Crippen molar-refractivity contribution in [3.63, 3.8) is 0 Å². The van der Waals surface area contributed by atoms with Crippen LogP contribution in [0.2, 0.25) is 0 Å². The van der Waals surface area contributed by atoms with Crippen LogP contribution in [-0.4, -0.2) is 10.5 Å². The quantitative estimate of drug-likeness (QED) is 0.773. The van der Waals surface area contributed by atoms with Crippen LogP contribution in [0.3, 0.4) is 0 Å². The van der Waals surface area contributed by atoms with Gasteiger partial charge in [0.1, 0.15) is 11.9 Å². The van der Waals surface area contributed by atoms with Crippen molar-refractivity contribution in [1.29, 1.82) is 5.26 Å². The Labute approximate surface area is 98.2 Å². The molecule has 0 saturated heterocycles. The monoisotopic (exact) mass is 258 g/mol. The summed E-state index contributed by atoms with van der Waals surface area (Å²) in [5.41, 5.74) is -3.63. The van der Waals surface area contributed by atoms with Crippen LogP contribution in [0.5, 0.6) is 0 Å². The van der Waals surface area contributed by atoms with Gasteiger partial charge in [-0.25, -0.2) is 4.98 Å². The van der Waals surface area contributed by atoms with E-state index < -0.39 is 5.51 Å². The number of hydrogen-bond donors (Lipinski definition) is 0. The number of nitrogens with zero attached hydrogens (tertiary/aromatic N) is 2. The van der Waals surface area contributed by atoms with Gasteiger partial charge in [0.05, 0.1) is 6.07 Å². The molecular formula is C10H5F3N2OS. The van der Waals surface area contributed by atoms with Crippen LogP contribution in [0, 0.1) is 11.3 Å². The summed E-state index contributed by atoms with van der Waals surface area (Å²) in [6, 6.07) is 5.87. The standard InChI is InChI=1S/C10H5F3N2OS/c11-10(12,13)17-6-1-2-8-7(5-6)15-9(16-8)3-4-14/h1-2,5H,3H2. The minimum atomic E-state index is -4.33. The zero-order valence-electron chi connectivity index (χ0n) is 8.28. The number of oxazole rings is 1. The Bertz CT molecular complexity index is 585. The molecule has 0 bridgehead atoms. The highest BCUT2D eigenvalue weighted by Gasteiger charge is 2.29. The van der Waals surface area contributed by atoms with Gasteiger partial charge in [0.2, 0.25) is 5.89 Å². The SMILES string of the molecule is N#CCc1nc2cc(SC(F)(F)F)ccc2o1. The number of aromatic nitrogens is 1. The van der Waals surface area contributed by atoms with Crippen LogP contribution in [0.1, 0.15) is 5.89 Å². The van der Waals surface area contributed by atoms with E-state index in [0.717, 1.165) is 0 Å². The molecule has 7 heteroatoms. The zero-order chi connectivity index (χ0) is 12.5. The van der Waals surface area contributed by atoms with Gasteiger partial charge < -0.3 is 4.42 Å². The molecule has 2 aromatic rings. The highest BCUT2D eigenvalue weighted by atomic mass is 32.2. The van der Waals surface area contributed by atoms with Crippen molar-refractivity contribution in [2.45, 2.75) is 16.8 Å². The van der Waals surface area contributed by atoms with Gasteiger partial charge in [-0.1, -0.05) is 0 Å². The number of alkyl halides is 3. The maximum absolute atomic E-state index is 12.1. The van der Waals surface area contributed by atoms with Crippen LogP contribution in [0.4, 0.5) is 13.2 Å². The van der Waals surface area contributed by atoms with Crippen molar-refractivity contribution in [2.24, 2.45) is 0 Å². The lowest BCUT2D eigenvalue weighted by molar-refractivity contribution is -0.0328. The van der Waals surface area contributed by atoms with E-state index in [-0.39, 0.29) is 29.0 Å². The molecule has 0 spiro atoms. The number of benzene rings is 1. The predicted molar refractivity (Wildman–Crippen MR) is 55.2 cm³/mol. The van der Waals surface area contributed by atoms with Crippen LogP contribution >= 0.6 is 11.8 Å². The van der Waals surface area contributed by atoms with Crippen LogP contribution in [0.15, 0.2) is 27.5 Å². The lowest BCUT2D eigenvalue weighted by Gasteiger charge is -2.04. The Hall–Kier alpha value is -1.68. The summed E-state index contributed by atoms with van der Waals surface area (Å²) in [6.45, 7) is 0. The van der Waals surface area contributed by atoms with Crippen molar-refractivity contribution in [2.75, 3.05) is 0 Å². The second kappa shape index (κ2) is 4.30. The Morgan fingerprint density at radius 3 is 2.82 bits per heavy atom. The van der Waals surface area contributed by atoms with Crippen molar-refractivity contribution in [3.8, 4) is 6.07 Å². The molecule has 0 saturated carbocycles. The Morgan fingerprint density at radius 1 is 1.41 bits per heavy atom. The average Bonchev–Trinajstić information content (AvgIpc) is 2.57. The summed E-state index contributed by atoms with van der Waals surface area (Å²) in [5, 5.41) is 8.45. The van der Waals surface area contributed by atoms with Crippen LogP contribution in [-0.2, 0) is 6.42 Å². The minimum Gasteiger partial charge on any atom is -0.440 e. The molecule has 0 amide bonds. The molecule has 0 aliphatic rings. The zero-order valence-corrected chi connectivity index (χ0v) is 9.10. The molecule has 0 aliphatic heterocycles. The van der Waals surface area contributed by atoms with E-state index in [1.165, 1.54) is 18.2 Å². The maximum Gasteiger partial charge on any atom is 0.446 e. The van der Waals surface area contributed by atoms with Gasteiger partial charge in [-0.15, -0.1) is 0 Å². The number of fused-ring (bicyclic) bond motifs is 1. The van der Waals surface area contributed by atoms with E-state index in [9.17, 15) is 13.2 Å². The summed E-state index contributed by atoms with van der Waals surface area (Å²) in [6.07, 6.45) is -0.00354. The van der Waals surface area contributed by atoms with Crippen molar-refractivity contribution < 1.29 is 17.6 Å². The first-order valence-electron chi connectivity index (χ1n) is 4.50. The summed E-state index contributed by atoms with van der Waals surface area (Å²) in [5.74, 6) is 0.205. The highest BCUT2D eigenvalue weighted by molar-refractivity contribution is 8.00. The summed E-state index contributed by atoms with van der Waals surface area (Å²) in [4.78, 5) is 3.97. The van der Waals surface area contributed by atoms with Crippen molar-refractivity contribution >= 4 is 22.9 Å². The maximum atomic E-state index is 12.1. The number of rotatable bonds is 2. The van der Waals surface area contributed by atoms with Crippen LogP contribution < -0.4 is 0 Å². The lowest BCUT2D eigenvalue weighted by Crippen LogP contribution is -1.98. The summed E-state index contributed by atoms with van der Waals surface area (Å²) >= 11 is -0.208. The second-order valence-corrected chi connectivity index (χ2v) is 4.26. The number of hydrogen-bond acceptors (Lipinski definition) is 4. The van der Waals surface area contributed by atoms with Gasteiger partial charge >= 0.3 is 5.51 Å². The molecule has 1 aromatic heterocycles. The van der Waals surface area contributed by atoms with Crippen molar-refractivity contribution in [1.82, 2.24) is 4.98 Å². The average molecular weight is 258 g/mol. The molecule has 2 rings (SSSR count). The fourth-order valence-electron chi connectivity index (χ4n) is 1.30. The molecule has 1 heterocycles. The summed E-state index contributed by atoms with van der Waals surface area (Å²) in [7, 11) is 0. The third kappa shape index (κ3) is 2.91. The van der Waals surface area contributed by atoms with Gasteiger partial charge in [0.15, 0.2) is 5.58 Å². The molecular weight excluding hydrogens is 253 g/mol. The van der Waals surface area contributed by atoms with Gasteiger partial charge in [0, 0.05) is 4.90 Å². The third-order valence-electron chi connectivity index (χ3n) is 1.87. The van der Waals surface area contributed by atoms with Crippen molar-refractivity contribution in [3.05, 3.63) is 24.1 Å². The number of nitriles is 1. The predicted octanol–water partition coefficient (Wildman–Crippen LogP) is 3.51. The molecule has 0 atom stereocenters. The normalized spacial score (nSPS) is 11.6. The minimum absolute atomic E-state index is 0.00354. The molecule has 0 radical (unpaired) electrons. The first-order chi connectivity index (χ1) is 7.98. The molecule has 0 N–H and O–H groups in total. The summed E-state index contributed by atoms with van der Waals surface area (Å²) < 4.78 is 41.6. The van der Waals surface area contributed by atoms with Gasteiger partial charge in [-0.05, 0) is 30.0 Å². The molecule has 3 nitrogen and oxygen atoms in total. The first kappa shape index (κ1) is 11.8. The van der Waals surface area contributed by atoms with E-state index in [1.54, 1.807) is 0 Å². The smallest absolute Gasteiger partial charge is 0.440 e. The Morgan fingerprint density at radius 2 is 2.18 bits per heavy atom. The van der Waals surface area contributed by atoms with Crippen LogP contribution in [0.25, 0.3) is 11.1 Å². The van der Waals surface area contributed by atoms with E-state index in [2.05, 4.69) is 4.98 Å². The molecule has 17 heavy (non-hydrogen) atoms. The second-order valence-electron chi connectivity index (χ2n) is 3.12. The van der Waals surface area contributed by atoms with Gasteiger partial charge in [0.25, 0.3) is 0 Å². The lowest BCUT2D eigenvalue weighted by atomic mass is 10.3. The van der Waals surface area contributed by atoms with Gasteiger partial charge in [-0.3, -0.25) is 0 Å². The molecule has 0 fully saturated rings. The Kier molecular flexibility index (Phi) is 2.98. The van der Waals surface area contributed by atoms with E-state index >= 15 is 0 Å². The van der Waals surface area contributed by atoms with E-state index in [1.807, 2.05) is 6.07 Å². The highest BCUT2D eigenvalue weighted by Crippen LogP contribution is 2.37. The molecule has 0 unspecified atom stereocenters. The topological polar surface area (TPSA) is 49.8 Å². The Balaban J connectivity index is 2.34. The van der Waals surface area contributed by atoms with E-state index in [0.29, 0.717) is 11.1 Å². The van der Waals surface area contributed by atoms with E-state index in [4.69, 9.17) is 9.68 Å². The fourth-order valence-corrected chi connectivity index (χ4v) is 1.87. The molecule has 1 aromatic carbocycles.